The number of aryl methyl sites for hydroxylation is 2. The fourth-order valence-electron chi connectivity index (χ4n) is 7.98. The number of fused-ring (bicyclic) bond motifs is 6. The van der Waals surface area contributed by atoms with Crippen molar-refractivity contribution < 1.29 is 4.42 Å². The van der Waals surface area contributed by atoms with Crippen molar-refractivity contribution in [3.8, 4) is 27.9 Å². The molecule has 53 heavy (non-hydrogen) atoms. The second-order valence-electron chi connectivity index (χ2n) is 14.0. The number of benzene rings is 8. The lowest BCUT2D eigenvalue weighted by molar-refractivity contribution is 0.670. The molecule has 8 aromatic carbocycles. The Morgan fingerprint density at radius 2 is 1.04 bits per heavy atom. The molecule has 252 valence electrons. The predicted octanol–water partition coefficient (Wildman–Crippen LogP) is 14.1. The third-order valence-corrected chi connectivity index (χ3v) is 10.5. The Morgan fingerprint density at radius 3 is 1.81 bits per heavy atom. The van der Waals surface area contributed by atoms with Crippen LogP contribution in [0, 0.1) is 13.8 Å². The molecule has 0 saturated heterocycles. The molecule has 0 bridgehead atoms. The SMILES string of the molecule is Cc1cccc(N(c2ccc(-c3ccc4c(c3)c3ccccc3n4-c3cccc(C)c3)cc2)c2ccc(-c3cccc4c3oc3ccccc34)cc2)c1. The summed E-state index contributed by atoms with van der Waals surface area (Å²) in [5.41, 5.74) is 15.8. The lowest BCUT2D eigenvalue weighted by Crippen LogP contribution is -2.10. The predicted molar refractivity (Wildman–Crippen MR) is 223 cm³/mol. The van der Waals surface area contributed by atoms with Crippen LogP contribution < -0.4 is 4.90 Å². The van der Waals surface area contributed by atoms with Gasteiger partial charge in [-0.2, -0.15) is 0 Å². The number of hydrogen-bond acceptors (Lipinski definition) is 2. The van der Waals surface area contributed by atoms with Crippen LogP contribution in [0.3, 0.4) is 0 Å². The van der Waals surface area contributed by atoms with E-state index in [-0.39, 0.29) is 0 Å². The van der Waals surface area contributed by atoms with Gasteiger partial charge in [0.25, 0.3) is 0 Å². The van der Waals surface area contributed by atoms with Gasteiger partial charge in [0.15, 0.2) is 0 Å². The highest BCUT2D eigenvalue weighted by atomic mass is 16.3. The standard InChI is InChI=1S/C50H36N2O/c1-33-10-7-12-40(30-33)51(39-27-22-36(23-28-39)42-16-9-17-45-44-15-4-6-19-49(44)53-50(42)45)38-25-20-35(21-26-38)37-24-29-48-46(32-37)43-14-3-5-18-47(43)52(48)41-13-8-11-34(2)31-41/h3-32H,1-2H3. The molecule has 10 aromatic rings. The summed E-state index contributed by atoms with van der Waals surface area (Å²) in [6.45, 7) is 4.30. The summed E-state index contributed by atoms with van der Waals surface area (Å²) in [5, 5.41) is 4.79. The lowest BCUT2D eigenvalue weighted by Gasteiger charge is -2.26. The van der Waals surface area contributed by atoms with E-state index in [9.17, 15) is 0 Å². The number of rotatable bonds is 6. The number of nitrogens with zero attached hydrogens (tertiary/aromatic N) is 2. The average molecular weight is 681 g/mol. The maximum Gasteiger partial charge on any atom is 0.143 e. The quantitative estimate of drug-likeness (QED) is 0.174. The maximum absolute atomic E-state index is 6.37. The Balaban J connectivity index is 1.03. The van der Waals surface area contributed by atoms with Gasteiger partial charge in [-0.1, -0.05) is 109 Å². The monoisotopic (exact) mass is 680 g/mol. The molecular weight excluding hydrogens is 645 g/mol. The van der Waals surface area contributed by atoms with Gasteiger partial charge < -0.3 is 13.9 Å². The van der Waals surface area contributed by atoms with E-state index in [2.05, 4.69) is 193 Å². The van der Waals surface area contributed by atoms with E-state index < -0.39 is 0 Å². The Labute approximate surface area is 308 Å². The lowest BCUT2D eigenvalue weighted by atomic mass is 10.0. The summed E-state index contributed by atoms with van der Waals surface area (Å²) >= 11 is 0. The molecular formula is C50H36N2O. The first-order valence-electron chi connectivity index (χ1n) is 18.2. The van der Waals surface area contributed by atoms with E-state index in [1.54, 1.807) is 0 Å². The minimum atomic E-state index is 0.912. The summed E-state index contributed by atoms with van der Waals surface area (Å²) in [7, 11) is 0. The largest absolute Gasteiger partial charge is 0.455 e. The van der Waals surface area contributed by atoms with E-state index in [0.29, 0.717) is 0 Å². The summed E-state index contributed by atoms with van der Waals surface area (Å²) < 4.78 is 8.76. The molecule has 10 rings (SSSR count). The number of anilines is 3. The van der Waals surface area contributed by atoms with Crippen LogP contribution in [-0.2, 0) is 0 Å². The molecule has 0 aliphatic rings. The third-order valence-electron chi connectivity index (χ3n) is 10.5. The summed E-state index contributed by atoms with van der Waals surface area (Å²) in [6, 6.07) is 65.5. The van der Waals surface area contributed by atoms with Crippen molar-refractivity contribution in [3.05, 3.63) is 193 Å². The van der Waals surface area contributed by atoms with Gasteiger partial charge in [0.1, 0.15) is 11.2 Å². The molecule has 2 aromatic heterocycles. The smallest absolute Gasteiger partial charge is 0.143 e. The van der Waals surface area contributed by atoms with Crippen molar-refractivity contribution in [2.75, 3.05) is 4.90 Å². The van der Waals surface area contributed by atoms with E-state index >= 15 is 0 Å². The van der Waals surface area contributed by atoms with Gasteiger partial charge in [0.05, 0.1) is 11.0 Å². The van der Waals surface area contributed by atoms with Crippen molar-refractivity contribution in [3.63, 3.8) is 0 Å². The zero-order valence-electron chi connectivity index (χ0n) is 29.6. The van der Waals surface area contributed by atoms with Crippen LogP contribution in [0.4, 0.5) is 17.1 Å². The van der Waals surface area contributed by atoms with Crippen molar-refractivity contribution in [1.29, 1.82) is 0 Å². The highest BCUT2D eigenvalue weighted by Crippen LogP contribution is 2.40. The molecule has 0 aliphatic heterocycles. The van der Waals surface area contributed by atoms with E-state index in [4.69, 9.17) is 4.42 Å². The fourth-order valence-corrected chi connectivity index (χ4v) is 7.98. The van der Waals surface area contributed by atoms with E-state index in [1.807, 2.05) is 12.1 Å². The number of hydrogen-bond donors (Lipinski definition) is 0. The Morgan fingerprint density at radius 1 is 0.415 bits per heavy atom. The van der Waals surface area contributed by atoms with Crippen LogP contribution in [0.5, 0.6) is 0 Å². The van der Waals surface area contributed by atoms with Crippen LogP contribution in [0.25, 0.3) is 71.7 Å². The van der Waals surface area contributed by atoms with Crippen LogP contribution in [0.15, 0.2) is 186 Å². The molecule has 3 nitrogen and oxygen atoms in total. The van der Waals surface area contributed by atoms with Gasteiger partial charge in [-0.05, 0) is 114 Å². The second kappa shape index (κ2) is 12.4. The summed E-state index contributed by atoms with van der Waals surface area (Å²) in [5.74, 6) is 0. The first-order chi connectivity index (χ1) is 26.1. The highest BCUT2D eigenvalue weighted by Gasteiger charge is 2.17. The molecule has 0 unspecified atom stereocenters. The zero-order valence-corrected chi connectivity index (χ0v) is 29.6. The Bertz CT molecular complexity index is 2960. The Hall–Kier alpha value is -6.84. The van der Waals surface area contributed by atoms with Crippen LogP contribution in [0.2, 0.25) is 0 Å². The van der Waals surface area contributed by atoms with Crippen LogP contribution >= 0.6 is 0 Å². The molecule has 0 spiro atoms. The highest BCUT2D eigenvalue weighted by molar-refractivity contribution is 6.11. The van der Waals surface area contributed by atoms with Gasteiger partial charge in [-0.3, -0.25) is 0 Å². The molecule has 0 saturated carbocycles. The van der Waals surface area contributed by atoms with Crippen molar-refractivity contribution in [2.45, 2.75) is 13.8 Å². The topological polar surface area (TPSA) is 21.3 Å². The second-order valence-corrected chi connectivity index (χ2v) is 14.0. The third kappa shape index (κ3) is 5.29. The molecule has 0 radical (unpaired) electrons. The molecule has 0 fully saturated rings. The Kier molecular flexibility index (Phi) is 7.26. The van der Waals surface area contributed by atoms with E-state index in [1.165, 1.54) is 49.7 Å². The van der Waals surface area contributed by atoms with Gasteiger partial charge in [-0.15, -0.1) is 0 Å². The van der Waals surface area contributed by atoms with Crippen molar-refractivity contribution >= 4 is 60.8 Å². The molecule has 2 heterocycles. The van der Waals surface area contributed by atoms with Crippen molar-refractivity contribution in [2.24, 2.45) is 0 Å². The van der Waals surface area contributed by atoms with Crippen LogP contribution in [-0.4, -0.2) is 4.57 Å². The normalized spacial score (nSPS) is 11.6. The number of furan rings is 1. The number of aromatic nitrogens is 1. The fraction of sp³-hybridized carbons (Fsp3) is 0.0400. The van der Waals surface area contributed by atoms with Gasteiger partial charge in [0.2, 0.25) is 0 Å². The van der Waals surface area contributed by atoms with Gasteiger partial charge in [0, 0.05) is 49.9 Å². The van der Waals surface area contributed by atoms with Gasteiger partial charge in [-0.25, -0.2) is 0 Å². The van der Waals surface area contributed by atoms with Crippen LogP contribution in [0.1, 0.15) is 11.1 Å². The molecule has 0 N–H and O–H groups in total. The summed E-state index contributed by atoms with van der Waals surface area (Å²) in [4.78, 5) is 2.33. The molecule has 0 atom stereocenters. The minimum Gasteiger partial charge on any atom is -0.455 e. The minimum absolute atomic E-state index is 0.912. The van der Waals surface area contributed by atoms with Gasteiger partial charge >= 0.3 is 0 Å². The molecule has 0 aliphatic carbocycles. The average Bonchev–Trinajstić information content (AvgIpc) is 3.74. The van der Waals surface area contributed by atoms with Crippen molar-refractivity contribution in [1.82, 2.24) is 4.57 Å². The maximum atomic E-state index is 6.37. The summed E-state index contributed by atoms with van der Waals surface area (Å²) in [6.07, 6.45) is 0. The zero-order chi connectivity index (χ0) is 35.5. The first kappa shape index (κ1) is 30.9. The first-order valence-corrected chi connectivity index (χ1v) is 18.2. The molecule has 3 heteroatoms. The number of para-hydroxylation sites is 3. The van der Waals surface area contributed by atoms with E-state index in [0.717, 1.165) is 50.1 Å². The molecule has 0 amide bonds.